The number of ether oxygens (including phenoxy) is 1. The van der Waals surface area contributed by atoms with Gasteiger partial charge in [-0.25, -0.2) is 4.79 Å². The van der Waals surface area contributed by atoms with Gasteiger partial charge in [0.2, 0.25) is 11.8 Å². The van der Waals surface area contributed by atoms with Crippen LogP contribution in [0.1, 0.15) is 90.1 Å². The highest BCUT2D eigenvalue weighted by Crippen LogP contribution is 2.32. The number of nitrogens with one attached hydrogen (secondary N) is 2. The quantitative estimate of drug-likeness (QED) is 0.397. The molecule has 3 amide bonds. The molecule has 0 radical (unpaired) electrons. The zero-order chi connectivity index (χ0) is 29.5. The Morgan fingerprint density at radius 2 is 1.46 bits per heavy atom. The van der Waals surface area contributed by atoms with Crippen LogP contribution in [0.4, 0.5) is 4.79 Å². The second-order valence-corrected chi connectivity index (χ2v) is 12.7. The van der Waals surface area contributed by atoms with Gasteiger partial charge in [0, 0.05) is 12.1 Å². The van der Waals surface area contributed by atoms with Gasteiger partial charge in [-0.3, -0.25) is 9.59 Å². The van der Waals surface area contributed by atoms with Gasteiger partial charge < -0.3 is 20.3 Å². The van der Waals surface area contributed by atoms with Crippen LogP contribution in [0, 0.1) is 19.8 Å². The molecule has 2 rings (SSSR count). The molecule has 0 heterocycles. The summed E-state index contributed by atoms with van der Waals surface area (Å²) in [4.78, 5) is 42.7. The lowest BCUT2D eigenvalue weighted by molar-refractivity contribution is -0.148. The average molecular weight is 538 g/mol. The average Bonchev–Trinajstić information content (AvgIpc) is 2.77. The van der Waals surface area contributed by atoms with Crippen LogP contribution in [-0.4, -0.2) is 40.0 Å². The Labute approximate surface area is 234 Å². The number of carbonyl (C=O) groups is 3. The van der Waals surface area contributed by atoms with E-state index in [1.54, 1.807) is 25.7 Å². The molecule has 2 N–H and O–H groups in total. The van der Waals surface area contributed by atoms with Crippen LogP contribution in [0.3, 0.4) is 0 Å². The second-order valence-electron chi connectivity index (χ2n) is 12.7. The fourth-order valence-electron chi connectivity index (χ4n) is 4.62. The summed E-state index contributed by atoms with van der Waals surface area (Å²) in [6.07, 6.45) is -0.262. The van der Waals surface area contributed by atoms with Gasteiger partial charge in [0.1, 0.15) is 17.7 Å². The molecule has 7 heteroatoms. The number of rotatable bonds is 9. The summed E-state index contributed by atoms with van der Waals surface area (Å²) in [7, 11) is 0. The first kappa shape index (κ1) is 31.9. The van der Waals surface area contributed by atoms with E-state index in [1.165, 1.54) is 0 Å². The van der Waals surface area contributed by atoms with E-state index in [0.29, 0.717) is 13.0 Å². The minimum absolute atomic E-state index is 0.113. The minimum Gasteiger partial charge on any atom is -0.444 e. The van der Waals surface area contributed by atoms with Crippen LogP contribution in [0.2, 0.25) is 0 Å². The first-order valence-electron chi connectivity index (χ1n) is 13.7. The molecule has 2 aromatic carbocycles. The predicted molar refractivity (Wildman–Crippen MR) is 156 cm³/mol. The third-order valence-electron chi connectivity index (χ3n) is 6.03. The molecule has 39 heavy (non-hydrogen) atoms. The lowest BCUT2D eigenvalue weighted by atomic mass is 9.92. The molecule has 0 aliphatic rings. The Hall–Kier alpha value is -3.35. The number of aryl methyl sites for hydroxylation is 2. The number of alkyl carbamates (subject to hydrolysis) is 1. The van der Waals surface area contributed by atoms with Crippen molar-refractivity contribution in [3.05, 3.63) is 70.8 Å². The number of carbonyl (C=O) groups excluding carboxylic acids is 3. The highest BCUT2D eigenvalue weighted by atomic mass is 16.6. The fraction of sp³-hybridized carbons (Fsp3) is 0.531. The Bertz CT molecular complexity index is 1110. The Morgan fingerprint density at radius 3 is 1.95 bits per heavy atom. The van der Waals surface area contributed by atoms with Crippen LogP contribution < -0.4 is 10.6 Å². The van der Waals surface area contributed by atoms with Gasteiger partial charge in [0.15, 0.2) is 0 Å². The number of benzene rings is 2. The first-order chi connectivity index (χ1) is 18.0. The molecule has 7 nitrogen and oxygen atoms in total. The van der Waals surface area contributed by atoms with Crippen molar-refractivity contribution in [3.63, 3.8) is 0 Å². The van der Waals surface area contributed by atoms with Gasteiger partial charge in [0.25, 0.3) is 0 Å². The summed E-state index contributed by atoms with van der Waals surface area (Å²) >= 11 is 0. The number of hydrogen-bond donors (Lipinski definition) is 2. The Kier molecular flexibility index (Phi) is 10.7. The molecule has 2 unspecified atom stereocenters. The van der Waals surface area contributed by atoms with Gasteiger partial charge in [-0.15, -0.1) is 0 Å². The fourth-order valence-corrected chi connectivity index (χ4v) is 4.62. The molecule has 2 atom stereocenters. The maximum Gasteiger partial charge on any atom is 0.408 e. The molecule has 0 saturated carbocycles. The summed E-state index contributed by atoms with van der Waals surface area (Å²) < 4.78 is 5.48. The van der Waals surface area contributed by atoms with Crippen LogP contribution in [0.15, 0.2) is 48.5 Å². The molecular formula is C32H47N3O4. The summed E-state index contributed by atoms with van der Waals surface area (Å²) in [5, 5.41) is 5.85. The smallest absolute Gasteiger partial charge is 0.408 e. The van der Waals surface area contributed by atoms with Gasteiger partial charge >= 0.3 is 6.09 Å². The van der Waals surface area contributed by atoms with Crippen molar-refractivity contribution in [2.45, 2.75) is 105 Å². The lowest BCUT2D eigenvalue weighted by Gasteiger charge is -2.43. The van der Waals surface area contributed by atoms with Crippen molar-refractivity contribution in [2.75, 3.05) is 0 Å². The van der Waals surface area contributed by atoms with Gasteiger partial charge in [-0.2, -0.15) is 0 Å². The van der Waals surface area contributed by atoms with Gasteiger partial charge in [0.05, 0.1) is 0 Å². The van der Waals surface area contributed by atoms with Crippen LogP contribution in [0.5, 0.6) is 0 Å². The van der Waals surface area contributed by atoms with E-state index in [9.17, 15) is 14.4 Å². The van der Waals surface area contributed by atoms with E-state index in [2.05, 4.69) is 10.6 Å². The number of amides is 3. The van der Waals surface area contributed by atoms with Crippen molar-refractivity contribution in [3.8, 4) is 0 Å². The highest BCUT2D eigenvalue weighted by molar-refractivity contribution is 5.92. The number of hydrogen-bond acceptors (Lipinski definition) is 4. The monoisotopic (exact) mass is 537 g/mol. The summed E-state index contributed by atoms with van der Waals surface area (Å²) in [5.41, 5.74) is 2.23. The molecule has 0 aliphatic heterocycles. The SMILES string of the molecule is Cc1cc(C)cc(C(C(=O)NCc2ccccc2)N(C(=O)C(CC(C)C)NC(=O)OC(C)(C)C)C(C)(C)C)c1. The summed E-state index contributed by atoms with van der Waals surface area (Å²) in [6, 6.07) is 13.8. The predicted octanol–water partition coefficient (Wildman–Crippen LogP) is 6.23. The third-order valence-corrected chi connectivity index (χ3v) is 6.03. The second kappa shape index (κ2) is 13.1. The van der Waals surface area contributed by atoms with E-state index in [4.69, 9.17) is 4.74 Å². The Balaban J connectivity index is 2.56. The highest BCUT2D eigenvalue weighted by Gasteiger charge is 2.42. The lowest BCUT2D eigenvalue weighted by Crippen LogP contribution is -2.58. The van der Waals surface area contributed by atoms with Crippen LogP contribution in [0.25, 0.3) is 0 Å². The molecule has 0 fully saturated rings. The summed E-state index contributed by atoms with van der Waals surface area (Å²) in [5.74, 6) is -0.504. The van der Waals surface area contributed by atoms with Crippen molar-refractivity contribution in [2.24, 2.45) is 5.92 Å². The standard InChI is InChI=1S/C32H47N3O4/c1-21(2)16-26(34-30(38)39-32(8,9)10)29(37)35(31(5,6)7)27(25-18-22(3)17-23(4)19-25)28(36)33-20-24-14-12-11-13-15-24/h11-15,17-19,21,26-27H,16,20H2,1-10H3,(H,33,36)(H,34,38). The molecule has 0 aliphatic carbocycles. The van der Waals surface area contributed by atoms with Crippen molar-refractivity contribution >= 4 is 17.9 Å². The molecule has 0 bridgehead atoms. The van der Waals surface area contributed by atoms with Crippen molar-refractivity contribution in [1.82, 2.24) is 15.5 Å². The van der Waals surface area contributed by atoms with E-state index >= 15 is 0 Å². The van der Waals surface area contributed by atoms with Crippen LogP contribution in [-0.2, 0) is 20.9 Å². The van der Waals surface area contributed by atoms with Crippen molar-refractivity contribution in [1.29, 1.82) is 0 Å². The Morgan fingerprint density at radius 1 is 0.897 bits per heavy atom. The zero-order valence-electron chi connectivity index (χ0n) is 25.3. The summed E-state index contributed by atoms with van der Waals surface area (Å²) in [6.45, 7) is 19.3. The maximum absolute atomic E-state index is 14.4. The molecule has 2 aromatic rings. The normalized spacial score (nSPS) is 13.4. The van der Waals surface area contributed by atoms with E-state index < -0.39 is 29.3 Å². The molecule has 0 spiro atoms. The van der Waals surface area contributed by atoms with Crippen molar-refractivity contribution < 1.29 is 19.1 Å². The largest absolute Gasteiger partial charge is 0.444 e. The van der Waals surface area contributed by atoms with Gasteiger partial charge in [-0.1, -0.05) is 73.5 Å². The topological polar surface area (TPSA) is 87.7 Å². The maximum atomic E-state index is 14.4. The molecule has 214 valence electrons. The molecular weight excluding hydrogens is 490 g/mol. The number of nitrogens with zero attached hydrogens (tertiary/aromatic N) is 1. The minimum atomic E-state index is -0.907. The molecule has 0 aromatic heterocycles. The van der Waals surface area contributed by atoms with E-state index in [0.717, 1.165) is 22.3 Å². The third kappa shape index (κ3) is 10.0. The van der Waals surface area contributed by atoms with E-state index in [-0.39, 0.29) is 17.7 Å². The van der Waals surface area contributed by atoms with E-state index in [1.807, 2.05) is 97.0 Å². The zero-order valence-corrected chi connectivity index (χ0v) is 25.3. The van der Waals surface area contributed by atoms with Gasteiger partial charge in [-0.05, 0) is 78.9 Å². The first-order valence-corrected chi connectivity index (χ1v) is 13.7. The van der Waals surface area contributed by atoms with Crippen LogP contribution >= 0.6 is 0 Å². The molecule has 0 saturated heterocycles.